The highest BCUT2D eigenvalue weighted by atomic mass is 19.4. The highest BCUT2D eigenvalue weighted by Crippen LogP contribution is 2.36. The van der Waals surface area contributed by atoms with Crippen LogP contribution in [-0.2, 0) is 10.9 Å². The number of nitrogens with one attached hydrogen (secondary N) is 1. The molecule has 4 heterocycles. The molecule has 2 aliphatic rings. The Balaban J connectivity index is 1.50. The molecule has 1 aromatic carbocycles. The van der Waals surface area contributed by atoms with Gasteiger partial charge >= 0.3 is 6.18 Å². The molecule has 32 heavy (non-hydrogen) atoms. The maximum atomic E-state index is 13.3. The van der Waals surface area contributed by atoms with Crippen molar-refractivity contribution < 1.29 is 17.9 Å². The van der Waals surface area contributed by atoms with E-state index in [-0.39, 0.29) is 11.7 Å². The van der Waals surface area contributed by atoms with E-state index in [4.69, 9.17) is 10.5 Å². The van der Waals surface area contributed by atoms with Crippen LogP contribution in [0.2, 0.25) is 0 Å². The van der Waals surface area contributed by atoms with Crippen LogP contribution in [0.25, 0.3) is 10.8 Å². The Labute approximate surface area is 182 Å². The summed E-state index contributed by atoms with van der Waals surface area (Å²) < 4.78 is 45.7. The average molecular weight is 444 g/mol. The number of alkyl halides is 3. The number of aromatic nitrogens is 3. The maximum absolute atomic E-state index is 13.3. The van der Waals surface area contributed by atoms with Crippen molar-refractivity contribution in [1.29, 1.82) is 0 Å². The summed E-state index contributed by atoms with van der Waals surface area (Å²) in [4.78, 5) is 6.84. The van der Waals surface area contributed by atoms with Gasteiger partial charge < -0.3 is 20.7 Å². The third kappa shape index (κ3) is 3.53. The summed E-state index contributed by atoms with van der Waals surface area (Å²) in [5.74, 6) is 1.21. The number of hydrogen-bond donors (Lipinski definition) is 2. The number of nitrogens with two attached hydrogens (primary N) is 1. The number of pyridine rings is 1. The lowest BCUT2D eigenvalue weighted by Crippen LogP contribution is -2.37. The van der Waals surface area contributed by atoms with Gasteiger partial charge in [-0.05, 0) is 43.5 Å². The van der Waals surface area contributed by atoms with Crippen molar-refractivity contribution in [2.75, 3.05) is 23.4 Å². The number of morpholine rings is 1. The van der Waals surface area contributed by atoms with Crippen molar-refractivity contribution in [2.45, 2.75) is 44.8 Å². The van der Waals surface area contributed by atoms with Crippen LogP contribution in [-0.4, -0.2) is 40.5 Å². The van der Waals surface area contributed by atoms with Gasteiger partial charge in [0.1, 0.15) is 12.0 Å². The van der Waals surface area contributed by atoms with Gasteiger partial charge in [-0.25, -0.2) is 4.98 Å². The summed E-state index contributed by atoms with van der Waals surface area (Å²) in [6.45, 7) is 4.73. The molecular weight excluding hydrogens is 421 g/mol. The summed E-state index contributed by atoms with van der Waals surface area (Å²) in [6.07, 6.45) is -2.38. The van der Waals surface area contributed by atoms with Crippen LogP contribution in [0.15, 0.2) is 30.5 Å². The van der Waals surface area contributed by atoms with Crippen LogP contribution >= 0.6 is 0 Å². The van der Waals surface area contributed by atoms with E-state index in [1.54, 1.807) is 12.3 Å². The number of nitrogens with zero attached hydrogens (tertiary/aromatic N) is 4. The second-order valence-corrected chi connectivity index (χ2v) is 8.36. The minimum atomic E-state index is -4.45. The molecular formula is C22H23F3N6O. The fourth-order valence-electron chi connectivity index (χ4n) is 4.63. The lowest BCUT2D eigenvalue weighted by molar-refractivity contribution is -0.138. The Morgan fingerprint density at radius 2 is 2.03 bits per heavy atom. The number of aryl methyl sites for hydroxylation is 1. The first kappa shape index (κ1) is 20.9. The first-order valence-electron chi connectivity index (χ1n) is 10.4. The summed E-state index contributed by atoms with van der Waals surface area (Å²) in [5, 5.41) is 13.1. The van der Waals surface area contributed by atoms with Crippen molar-refractivity contribution in [3.05, 3.63) is 52.8 Å². The first-order valence-corrected chi connectivity index (χ1v) is 10.4. The molecule has 2 unspecified atom stereocenters. The highest BCUT2D eigenvalue weighted by molar-refractivity contribution is 5.94. The minimum Gasteiger partial charge on any atom is -0.374 e. The first-order chi connectivity index (χ1) is 15.2. The van der Waals surface area contributed by atoms with Crippen molar-refractivity contribution in [1.82, 2.24) is 15.2 Å². The zero-order chi connectivity index (χ0) is 22.6. The van der Waals surface area contributed by atoms with Gasteiger partial charge in [0.05, 0.1) is 30.0 Å². The Kier molecular flexibility index (Phi) is 4.94. The Hall–Kier alpha value is -2.98. The van der Waals surface area contributed by atoms with E-state index < -0.39 is 17.9 Å². The zero-order valence-electron chi connectivity index (χ0n) is 17.6. The summed E-state index contributed by atoms with van der Waals surface area (Å²) >= 11 is 0. The van der Waals surface area contributed by atoms with E-state index in [0.29, 0.717) is 29.7 Å². The van der Waals surface area contributed by atoms with Crippen LogP contribution in [0.5, 0.6) is 0 Å². The molecule has 2 aliphatic heterocycles. The van der Waals surface area contributed by atoms with Gasteiger partial charge in [-0.2, -0.15) is 18.3 Å². The number of benzene rings is 1. The summed E-state index contributed by atoms with van der Waals surface area (Å²) in [6, 6.07) is 6.23. The molecule has 2 bridgehead atoms. The SMILES string of the molecule is Cc1c([C@@H](N)Nc2nnc(C)c3cnc(N4CC5CC4CO5)cc23)cccc1C(F)(F)F. The molecule has 3 atom stereocenters. The molecule has 7 nitrogen and oxygen atoms in total. The smallest absolute Gasteiger partial charge is 0.374 e. The van der Waals surface area contributed by atoms with Gasteiger partial charge in [0.2, 0.25) is 0 Å². The second-order valence-electron chi connectivity index (χ2n) is 8.36. The van der Waals surface area contributed by atoms with Crippen LogP contribution in [0, 0.1) is 13.8 Å². The summed E-state index contributed by atoms with van der Waals surface area (Å²) in [7, 11) is 0. The van der Waals surface area contributed by atoms with Gasteiger partial charge in [-0.15, -0.1) is 5.10 Å². The number of rotatable bonds is 4. The lowest BCUT2D eigenvalue weighted by atomic mass is 10.00. The quantitative estimate of drug-likeness (QED) is 0.593. The van der Waals surface area contributed by atoms with Crippen molar-refractivity contribution >= 4 is 22.4 Å². The third-order valence-corrected chi connectivity index (χ3v) is 6.34. The molecule has 168 valence electrons. The highest BCUT2D eigenvalue weighted by Gasteiger charge is 2.39. The van der Waals surface area contributed by atoms with E-state index in [1.807, 2.05) is 13.0 Å². The number of anilines is 2. The van der Waals surface area contributed by atoms with Gasteiger partial charge in [0.25, 0.3) is 0 Å². The molecule has 3 aromatic rings. The molecule has 10 heteroatoms. The molecule has 0 radical (unpaired) electrons. The Bertz CT molecular complexity index is 1180. The Morgan fingerprint density at radius 1 is 1.22 bits per heavy atom. The third-order valence-electron chi connectivity index (χ3n) is 6.34. The average Bonchev–Trinajstić information content (AvgIpc) is 3.38. The molecule has 0 amide bonds. The predicted octanol–water partition coefficient (Wildman–Crippen LogP) is 3.71. The van der Waals surface area contributed by atoms with Gasteiger partial charge in [-0.3, -0.25) is 0 Å². The van der Waals surface area contributed by atoms with E-state index in [2.05, 4.69) is 25.4 Å². The predicted molar refractivity (Wildman–Crippen MR) is 114 cm³/mol. The number of ether oxygens (including phenoxy) is 1. The van der Waals surface area contributed by atoms with Crippen LogP contribution in [0.3, 0.4) is 0 Å². The van der Waals surface area contributed by atoms with Crippen molar-refractivity contribution in [2.24, 2.45) is 5.73 Å². The van der Waals surface area contributed by atoms with Gasteiger partial charge in [0.15, 0.2) is 5.82 Å². The van der Waals surface area contributed by atoms with Crippen LogP contribution < -0.4 is 16.0 Å². The van der Waals surface area contributed by atoms with Crippen LogP contribution in [0.1, 0.15) is 35.0 Å². The second kappa shape index (κ2) is 7.56. The Morgan fingerprint density at radius 3 is 2.72 bits per heavy atom. The van der Waals surface area contributed by atoms with E-state index in [1.165, 1.54) is 13.0 Å². The molecule has 2 aromatic heterocycles. The van der Waals surface area contributed by atoms with E-state index in [9.17, 15) is 13.2 Å². The molecule has 5 rings (SSSR count). The van der Waals surface area contributed by atoms with Crippen molar-refractivity contribution in [3.8, 4) is 0 Å². The normalized spacial score (nSPS) is 21.4. The molecule has 0 spiro atoms. The lowest BCUT2D eigenvalue weighted by Gasteiger charge is -2.28. The van der Waals surface area contributed by atoms with E-state index >= 15 is 0 Å². The zero-order valence-corrected chi connectivity index (χ0v) is 17.6. The van der Waals surface area contributed by atoms with Crippen LogP contribution in [0.4, 0.5) is 24.8 Å². The summed E-state index contributed by atoms with van der Waals surface area (Å²) in [5.41, 5.74) is 6.72. The minimum absolute atomic E-state index is 0.0832. The number of halogens is 3. The number of hydrogen-bond acceptors (Lipinski definition) is 7. The van der Waals surface area contributed by atoms with Gasteiger partial charge in [0, 0.05) is 23.5 Å². The fraction of sp³-hybridized carbons (Fsp3) is 0.409. The monoisotopic (exact) mass is 444 g/mol. The standard InChI is InChI=1S/C22H23F3N6O/c1-11-15(4-3-5-18(11)22(23,24)25)20(26)28-21-16-7-19(27-8-17(16)12(2)29-30-21)31-9-14-6-13(31)10-32-14/h3-5,7-8,13-14,20H,6,9-10,26H2,1-2H3,(H,28,30)/t13?,14?,20-/m0/s1. The molecule has 0 saturated carbocycles. The topological polar surface area (TPSA) is 89.2 Å². The van der Waals surface area contributed by atoms with Gasteiger partial charge in [-0.1, -0.05) is 12.1 Å². The largest absolute Gasteiger partial charge is 0.416 e. The molecule has 0 aliphatic carbocycles. The fourth-order valence-corrected chi connectivity index (χ4v) is 4.63. The molecule has 3 N–H and O–H groups in total. The van der Waals surface area contributed by atoms with Crippen molar-refractivity contribution in [3.63, 3.8) is 0 Å². The maximum Gasteiger partial charge on any atom is 0.416 e. The van der Waals surface area contributed by atoms with E-state index in [0.717, 1.165) is 35.6 Å². The number of fused-ring (bicyclic) bond motifs is 3. The molecule has 2 saturated heterocycles. The molecule has 2 fully saturated rings.